The number of thiocarbonyl (C=S) groups is 1. The van der Waals surface area contributed by atoms with E-state index >= 15 is 0 Å². The lowest BCUT2D eigenvalue weighted by molar-refractivity contribution is 0.607. The summed E-state index contributed by atoms with van der Waals surface area (Å²) in [6.07, 6.45) is -0.726. The highest BCUT2D eigenvalue weighted by Crippen LogP contribution is 2.25. The van der Waals surface area contributed by atoms with Gasteiger partial charge in [-0.15, -0.1) is 0 Å². The molecule has 154 valence electrons. The van der Waals surface area contributed by atoms with Crippen molar-refractivity contribution in [1.82, 2.24) is 5.32 Å². The molecule has 5 nitrogen and oxygen atoms in total. The molecule has 30 heavy (non-hydrogen) atoms. The fourth-order valence-corrected chi connectivity index (χ4v) is 4.14. The number of nitrogens with one attached hydrogen (secondary N) is 2. The first-order chi connectivity index (χ1) is 14.3. The van der Waals surface area contributed by atoms with Crippen LogP contribution in [0.25, 0.3) is 0 Å². The molecule has 0 aliphatic heterocycles. The average molecular weight is 478 g/mol. The Hall–Kier alpha value is -2.45. The summed E-state index contributed by atoms with van der Waals surface area (Å²) >= 11 is 17.5. The molecule has 1 atom stereocenters. The number of rotatable bonds is 6. The highest BCUT2D eigenvalue weighted by atomic mass is 35.5. The third-order valence-electron chi connectivity index (χ3n) is 3.98. The molecule has 0 fully saturated rings. The van der Waals surface area contributed by atoms with Crippen LogP contribution < -0.4 is 10.6 Å². The summed E-state index contributed by atoms with van der Waals surface area (Å²) in [5.74, 6) is 0. The highest BCUT2D eigenvalue weighted by molar-refractivity contribution is 8.04. The van der Waals surface area contributed by atoms with Crippen LogP contribution >= 0.6 is 35.4 Å². The molecule has 0 radical (unpaired) electrons. The van der Waals surface area contributed by atoms with Crippen molar-refractivity contribution in [2.45, 2.75) is 11.1 Å². The van der Waals surface area contributed by atoms with Gasteiger partial charge in [-0.1, -0.05) is 71.7 Å². The fraction of sp³-hybridized carbons (Fsp3) is 0.0476. The van der Waals surface area contributed by atoms with Crippen molar-refractivity contribution in [2.75, 3.05) is 5.32 Å². The Morgan fingerprint density at radius 3 is 2.23 bits per heavy atom. The van der Waals surface area contributed by atoms with Gasteiger partial charge in [0.15, 0.2) is 5.11 Å². The SMILES string of the molecule is O=S(=O)(C=NC(NC(=S)Nc1ccc(Cl)cc1Cl)c1ccccc1)c1ccccc1. The monoisotopic (exact) mass is 477 g/mol. The molecule has 9 heteroatoms. The van der Waals surface area contributed by atoms with Crippen LogP contribution in [0.1, 0.15) is 11.7 Å². The number of nitrogens with zero attached hydrogens (tertiary/aromatic N) is 1. The van der Waals surface area contributed by atoms with E-state index in [0.29, 0.717) is 15.7 Å². The molecule has 3 aromatic rings. The highest BCUT2D eigenvalue weighted by Gasteiger charge is 2.15. The van der Waals surface area contributed by atoms with Crippen LogP contribution in [0.3, 0.4) is 0 Å². The van der Waals surface area contributed by atoms with E-state index in [4.69, 9.17) is 35.4 Å². The Kier molecular flexibility index (Phi) is 7.44. The van der Waals surface area contributed by atoms with Gasteiger partial charge in [0.05, 0.1) is 15.6 Å². The number of hydrogen-bond acceptors (Lipinski definition) is 4. The number of benzene rings is 3. The molecule has 1 unspecified atom stereocenters. The molecule has 0 bridgehead atoms. The van der Waals surface area contributed by atoms with Gasteiger partial charge in [0, 0.05) is 5.02 Å². The van der Waals surface area contributed by atoms with Crippen LogP contribution in [0.5, 0.6) is 0 Å². The van der Waals surface area contributed by atoms with Crippen molar-refractivity contribution in [3.05, 3.63) is 94.5 Å². The first-order valence-corrected chi connectivity index (χ1v) is 11.5. The largest absolute Gasteiger partial charge is 0.337 e. The standard InChI is InChI=1S/C21H17Cl2N3O2S2/c22-16-11-12-19(18(23)13-16)25-21(29)26-20(15-7-3-1-4-8-15)24-14-30(27,28)17-9-5-2-6-10-17/h1-14,20H,(H2,25,26,29). The fourth-order valence-electron chi connectivity index (χ4n) is 2.53. The number of anilines is 1. The minimum absolute atomic E-state index is 0.161. The van der Waals surface area contributed by atoms with Gasteiger partial charge in [0.1, 0.15) is 11.7 Å². The van der Waals surface area contributed by atoms with Crippen molar-refractivity contribution in [1.29, 1.82) is 0 Å². The number of hydrogen-bond donors (Lipinski definition) is 2. The quantitative estimate of drug-likeness (QED) is 0.279. The van der Waals surface area contributed by atoms with Gasteiger partial charge in [0.25, 0.3) is 0 Å². The summed E-state index contributed by atoms with van der Waals surface area (Å²) < 4.78 is 25.1. The molecular formula is C21H17Cl2N3O2S2. The van der Waals surface area contributed by atoms with Gasteiger partial charge in [-0.25, -0.2) is 8.42 Å². The molecule has 0 heterocycles. The Balaban J connectivity index is 1.82. The van der Waals surface area contributed by atoms with Crippen molar-refractivity contribution in [2.24, 2.45) is 4.99 Å². The summed E-state index contributed by atoms with van der Waals surface area (Å²) in [6, 6.07) is 22.2. The lowest BCUT2D eigenvalue weighted by Gasteiger charge is -2.18. The van der Waals surface area contributed by atoms with Crippen molar-refractivity contribution in [3.8, 4) is 0 Å². The lowest BCUT2D eigenvalue weighted by Crippen LogP contribution is -2.31. The minimum Gasteiger partial charge on any atom is -0.337 e. The van der Waals surface area contributed by atoms with Crippen molar-refractivity contribution < 1.29 is 8.42 Å². The second-order valence-electron chi connectivity index (χ2n) is 6.15. The second-order valence-corrected chi connectivity index (χ2v) is 9.17. The van der Waals surface area contributed by atoms with E-state index < -0.39 is 16.0 Å². The van der Waals surface area contributed by atoms with Gasteiger partial charge in [-0.3, -0.25) is 4.99 Å². The van der Waals surface area contributed by atoms with E-state index in [-0.39, 0.29) is 10.0 Å². The lowest BCUT2D eigenvalue weighted by atomic mass is 10.2. The summed E-state index contributed by atoms with van der Waals surface area (Å²) in [5.41, 5.74) is 2.24. The molecule has 2 N–H and O–H groups in total. The molecule has 0 aliphatic carbocycles. The minimum atomic E-state index is -3.70. The molecule has 0 saturated heterocycles. The topological polar surface area (TPSA) is 70.6 Å². The second kappa shape index (κ2) is 10.0. The van der Waals surface area contributed by atoms with E-state index in [1.54, 1.807) is 36.4 Å². The average Bonchev–Trinajstić information content (AvgIpc) is 2.74. The third-order valence-corrected chi connectivity index (χ3v) is 6.08. The molecule has 0 aromatic heterocycles. The number of aliphatic imine (C=N–C) groups is 1. The van der Waals surface area contributed by atoms with Gasteiger partial charge < -0.3 is 10.6 Å². The Bertz CT molecular complexity index is 1160. The summed E-state index contributed by atoms with van der Waals surface area (Å²) in [7, 11) is -3.70. The van der Waals surface area contributed by atoms with Gasteiger partial charge in [-0.2, -0.15) is 0 Å². The Morgan fingerprint density at radius 1 is 0.967 bits per heavy atom. The number of halogens is 2. The summed E-state index contributed by atoms with van der Waals surface area (Å²) in [5, 5.41) is 7.11. The smallest absolute Gasteiger partial charge is 0.216 e. The summed E-state index contributed by atoms with van der Waals surface area (Å²) in [4.78, 5) is 4.42. The first-order valence-electron chi connectivity index (χ1n) is 8.76. The van der Waals surface area contributed by atoms with Crippen LogP contribution in [0.2, 0.25) is 10.0 Å². The third kappa shape index (κ3) is 6.03. The molecule has 0 amide bonds. The zero-order valence-corrected chi connectivity index (χ0v) is 18.6. The van der Waals surface area contributed by atoms with Crippen LogP contribution in [0.15, 0.2) is 88.8 Å². The Morgan fingerprint density at radius 2 is 1.60 bits per heavy atom. The van der Waals surface area contributed by atoms with Crippen molar-refractivity contribution >= 4 is 61.6 Å². The van der Waals surface area contributed by atoms with Crippen LogP contribution in [-0.2, 0) is 9.84 Å². The van der Waals surface area contributed by atoms with E-state index in [1.807, 2.05) is 30.3 Å². The van der Waals surface area contributed by atoms with E-state index in [2.05, 4.69) is 15.6 Å². The van der Waals surface area contributed by atoms with E-state index in [9.17, 15) is 8.42 Å². The number of sulfone groups is 1. The van der Waals surface area contributed by atoms with Crippen molar-refractivity contribution in [3.63, 3.8) is 0 Å². The van der Waals surface area contributed by atoms with E-state index in [1.165, 1.54) is 12.1 Å². The van der Waals surface area contributed by atoms with Gasteiger partial charge in [-0.05, 0) is 48.1 Å². The molecular weight excluding hydrogens is 461 g/mol. The molecule has 3 rings (SSSR count). The van der Waals surface area contributed by atoms with Crippen LogP contribution in [-0.4, -0.2) is 19.1 Å². The maximum absolute atomic E-state index is 12.6. The normalized spacial score (nSPS) is 12.5. The molecule has 0 aliphatic rings. The summed E-state index contributed by atoms with van der Waals surface area (Å²) in [6.45, 7) is 0. The predicted molar refractivity (Wildman–Crippen MR) is 127 cm³/mol. The maximum Gasteiger partial charge on any atom is 0.216 e. The first kappa shape index (κ1) is 22.2. The Labute approximate surface area is 190 Å². The van der Waals surface area contributed by atoms with E-state index in [0.717, 1.165) is 11.1 Å². The molecule has 0 saturated carbocycles. The predicted octanol–water partition coefficient (Wildman–Crippen LogP) is 5.48. The van der Waals surface area contributed by atoms with Crippen LogP contribution in [0.4, 0.5) is 5.69 Å². The van der Waals surface area contributed by atoms with Gasteiger partial charge >= 0.3 is 0 Å². The van der Waals surface area contributed by atoms with Crippen LogP contribution in [0, 0.1) is 0 Å². The zero-order valence-electron chi connectivity index (χ0n) is 15.5. The molecule has 0 spiro atoms. The van der Waals surface area contributed by atoms with Gasteiger partial charge in [0.2, 0.25) is 9.84 Å². The zero-order chi connectivity index (χ0) is 21.6. The molecule has 3 aromatic carbocycles. The maximum atomic E-state index is 12.6.